The molecule has 0 fully saturated rings. The van der Waals surface area contributed by atoms with Crippen LogP contribution in [-0.2, 0) is 18.6 Å². The van der Waals surface area contributed by atoms with Crippen molar-refractivity contribution in [3.05, 3.63) is 11.6 Å². The maximum absolute atomic E-state index is 11.0. The zero-order valence-electron chi connectivity index (χ0n) is 7.97. The zero-order valence-corrected chi connectivity index (χ0v) is 8.86. The van der Waals surface area contributed by atoms with Crippen LogP contribution in [0, 0.1) is 0 Å². The van der Waals surface area contributed by atoms with E-state index in [2.05, 4.69) is 9.26 Å². The molecule has 0 saturated carbocycles. The zero-order chi connectivity index (χ0) is 11.2. The molecule has 0 bridgehead atoms. The van der Waals surface area contributed by atoms with Crippen LogP contribution in [0.15, 0.2) is 11.6 Å². The lowest BCUT2D eigenvalue weighted by molar-refractivity contribution is -0.139. The number of hydrogen-bond acceptors (Lipinski definition) is 4. The van der Waals surface area contributed by atoms with Crippen molar-refractivity contribution in [1.82, 2.24) is 0 Å². The van der Waals surface area contributed by atoms with Gasteiger partial charge in [0.2, 0.25) is 0 Å². The minimum atomic E-state index is -4.46. The molecule has 0 saturated heterocycles. The summed E-state index contributed by atoms with van der Waals surface area (Å²) in [6, 6.07) is 0. The highest BCUT2D eigenvalue weighted by molar-refractivity contribution is 7.46. The first-order valence-electron chi connectivity index (χ1n) is 3.87. The number of phosphoric acid groups is 1. The molecule has 0 aliphatic rings. The first-order valence-corrected chi connectivity index (χ1v) is 5.40. The molecule has 82 valence electrons. The summed E-state index contributed by atoms with van der Waals surface area (Å²) in [7, 11) is -4.46. The molecule has 7 heteroatoms. The number of esters is 1. The molecular weight excluding hydrogens is 211 g/mol. The molecule has 0 amide bonds. The quantitative estimate of drug-likeness (QED) is 0.307. The van der Waals surface area contributed by atoms with Crippen molar-refractivity contribution in [3.8, 4) is 0 Å². The van der Waals surface area contributed by atoms with Crippen LogP contribution in [0.1, 0.15) is 13.8 Å². The summed E-state index contributed by atoms with van der Waals surface area (Å²) in [6.07, 6.45) is 1.58. The Hall–Kier alpha value is -0.680. The Balaban J connectivity index is 3.66. The van der Waals surface area contributed by atoms with E-state index in [1.165, 1.54) is 0 Å². The van der Waals surface area contributed by atoms with E-state index in [4.69, 9.17) is 9.79 Å². The van der Waals surface area contributed by atoms with E-state index in [0.29, 0.717) is 5.57 Å². The Kier molecular flexibility index (Phi) is 5.64. The van der Waals surface area contributed by atoms with Crippen molar-refractivity contribution in [2.24, 2.45) is 0 Å². The summed E-state index contributed by atoms with van der Waals surface area (Å²) < 4.78 is 18.9. The Morgan fingerprint density at radius 2 is 2.00 bits per heavy atom. The molecule has 14 heavy (non-hydrogen) atoms. The van der Waals surface area contributed by atoms with Gasteiger partial charge in [0.05, 0.1) is 6.61 Å². The van der Waals surface area contributed by atoms with Crippen LogP contribution in [0.2, 0.25) is 0 Å². The van der Waals surface area contributed by atoms with Gasteiger partial charge in [-0.15, -0.1) is 0 Å². The summed E-state index contributed by atoms with van der Waals surface area (Å²) in [4.78, 5) is 27.5. The molecule has 6 nitrogen and oxygen atoms in total. The number of rotatable bonds is 5. The number of allylic oxidation sites excluding steroid dienone is 1. The van der Waals surface area contributed by atoms with Crippen molar-refractivity contribution in [2.45, 2.75) is 13.8 Å². The fourth-order valence-corrected chi connectivity index (χ4v) is 0.835. The Bertz CT molecular complexity index is 265. The van der Waals surface area contributed by atoms with Gasteiger partial charge in [0.15, 0.2) is 0 Å². The number of ether oxygens (including phenoxy) is 1. The summed E-state index contributed by atoms with van der Waals surface area (Å²) >= 11 is 0. The Morgan fingerprint density at radius 1 is 1.43 bits per heavy atom. The summed E-state index contributed by atoms with van der Waals surface area (Å²) in [5.74, 6) is -0.526. The molecule has 2 N–H and O–H groups in total. The summed E-state index contributed by atoms with van der Waals surface area (Å²) in [5.41, 5.74) is 0.432. The van der Waals surface area contributed by atoms with Crippen LogP contribution in [-0.4, -0.2) is 29.0 Å². The fourth-order valence-electron chi connectivity index (χ4n) is 0.522. The number of carbonyl (C=O) groups excluding carboxylic acids is 1. The molecule has 0 aromatic carbocycles. The van der Waals surface area contributed by atoms with Crippen LogP contribution in [0.3, 0.4) is 0 Å². The second-order valence-corrected chi connectivity index (χ2v) is 3.67. The second-order valence-electron chi connectivity index (χ2n) is 2.43. The average molecular weight is 224 g/mol. The second kappa shape index (κ2) is 5.93. The van der Waals surface area contributed by atoms with Gasteiger partial charge in [-0.3, -0.25) is 4.52 Å². The lowest BCUT2D eigenvalue weighted by Crippen LogP contribution is -2.10. The molecule has 0 heterocycles. The lowest BCUT2D eigenvalue weighted by Gasteiger charge is -2.06. The van der Waals surface area contributed by atoms with Gasteiger partial charge in [0.25, 0.3) is 0 Å². The first kappa shape index (κ1) is 13.3. The van der Waals surface area contributed by atoms with E-state index in [0.717, 1.165) is 0 Å². The van der Waals surface area contributed by atoms with E-state index < -0.39 is 13.8 Å². The normalized spacial score (nSPS) is 12.7. The van der Waals surface area contributed by atoms with E-state index >= 15 is 0 Å². The van der Waals surface area contributed by atoms with Crippen LogP contribution in [0.4, 0.5) is 0 Å². The van der Waals surface area contributed by atoms with Gasteiger partial charge in [-0.25, -0.2) is 9.36 Å². The van der Waals surface area contributed by atoms with E-state index in [-0.39, 0.29) is 13.2 Å². The fraction of sp³-hybridized carbons (Fsp3) is 0.571. The third-order valence-corrected chi connectivity index (χ3v) is 1.85. The monoisotopic (exact) mass is 224 g/mol. The molecule has 0 atom stereocenters. The molecule has 0 rings (SSSR count). The third kappa shape index (κ3) is 6.80. The van der Waals surface area contributed by atoms with E-state index in [9.17, 15) is 9.36 Å². The molecule has 0 aromatic rings. The van der Waals surface area contributed by atoms with Crippen molar-refractivity contribution in [3.63, 3.8) is 0 Å². The van der Waals surface area contributed by atoms with Crippen molar-refractivity contribution >= 4 is 13.8 Å². The van der Waals surface area contributed by atoms with Gasteiger partial charge in [0.1, 0.15) is 6.61 Å². The van der Waals surface area contributed by atoms with Gasteiger partial charge in [-0.05, 0) is 13.8 Å². The van der Waals surface area contributed by atoms with Crippen LogP contribution >= 0.6 is 7.82 Å². The highest BCUT2D eigenvalue weighted by atomic mass is 31.2. The lowest BCUT2D eigenvalue weighted by atomic mass is 10.3. The highest BCUT2D eigenvalue weighted by Crippen LogP contribution is 2.35. The minimum absolute atomic E-state index is 0.185. The van der Waals surface area contributed by atoms with E-state index in [1.807, 2.05) is 0 Å². The van der Waals surface area contributed by atoms with Crippen molar-refractivity contribution < 1.29 is 28.4 Å². The number of carbonyl (C=O) groups is 1. The van der Waals surface area contributed by atoms with Gasteiger partial charge < -0.3 is 14.5 Å². The van der Waals surface area contributed by atoms with Crippen LogP contribution in [0.5, 0.6) is 0 Å². The minimum Gasteiger partial charge on any atom is -0.460 e. The number of hydrogen-bond donors (Lipinski definition) is 2. The topological polar surface area (TPSA) is 93.1 Å². The first-order chi connectivity index (χ1) is 6.37. The molecule has 0 unspecified atom stereocenters. The maximum Gasteiger partial charge on any atom is 0.469 e. The van der Waals surface area contributed by atoms with Crippen LogP contribution < -0.4 is 0 Å². The maximum atomic E-state index is 11.0. The predicted octanol–water partition coefficient (Wildman–Crippen LogP) is 0.605. The van der Waals surface area contributed by atoms with E-state index in [1.54, 1.807) is 19.9 Å². The summed E-state index contributed by atoms with van der Waals surface area (Å²) in [6.45, 7) is 2.75. The van der Waals surface area contributed by atoms with Gasteiger partial charge in [-0.2, -0.15) is 0 Å². The molecule has 0 spiro atoms. The predicted molar refractivity (Wildman–Crippen MR) is 48.4 cm³/mol. The van der Waals surface area contributed by atoms with Crippen molar-refractivity contribution in [1.29, 1.82) is 0 Å². The molecule has 0 radical (unpaired) electrons. The molecule has 0 aromatic heterocycles. The molecule has 0 aliphatic carbocycles. The Morgan fingerprint density at radius 3 is 2.43 bits per heavy atom. The molecule has 0 aliphatic heterocycles. The van der Waals surface area contributed by atoms with Gasteiger partial charge >= 0.3 is 13.8 Å². The van der Waals surface area contributed by atoms with Gasteiger partial charge in [-0.1, -0.05) is 6.08 Å². The standard InChI is InChI=1S/C7H13O6P/c1-3-6(2)7(8)12-4-5-13-14(9,10)11/h3H,4-5H2,1-2H3,(H2,9,10,11)/b6-3+. The number of phosphoric ester groups is 1. The third-order valence-electron chi connectivity index (χ3n) is 1.33. The van der Waals surface area contributed by atoms with Gasteiger partial charge in [0, 0.05) is 5.57 Å². The SMILES string of the molecule is C/C=C(\C)C(=O)OCCOP(=O)(O)O. The largest absolute Gasteiger partial charge is 0.469 e. The smallest absolute Gasteiger partial charge is 0.460 e. The Labute approximate surface area is 81.8 Å². The summed E-state index contributed by atoms with van der Waals surface area (Å²) in [5, 5.41) is 0. The van der Waals surface area contributed by atoms with Crippen LogP contribution in [0.25, 0.3) is 0 Å². The molecular formula is C7H13O6P. The highest BCUT2D eigenvalue weighted by Gasteiger charge is 2.13. The van der Waals surface area contributed by atoms with Crippen molar-refractivity contribution in [2.75, 3.05) is 13.2 Å². The average Bonchev–Trinajstić information content (AvgIpc) is 2.09.